The Morgan fingerprint density at radius 2 is 2.05 bits per heavy atom. The maximum atomic E-state index is 13.4. The molecular formula is C13H15Cl2F2N5. The summed E-state index contributed by atoms with van der Waals surface area (Å²) >= 11 is 11.6. The van der Waals surface area contributed by atoms with Gasteiger partial charge in [-0.1, -0.05) is 0 Å². The summed E-state index contributed by atoms with van der Waals surface area (Å²) < 4.78 is 28.6. The van der Waals surface area contributed by atoms with Crippen molar-refractivity contribution in [3.8, 4) is 0 Å². The van der Waals surface area contributed by atoms with Crippen LogP contribution in [-0.4, -0.2) is 37.9 Å². The fraction of sp³-hybridized carbons (Fsp3) is 0.615. The first kappa shape index (κ1) is 15.7. The number of nitrogens with zero attached hydrogens (tertiary/aromatic N) is 4. The van der Waals surface area contributed by atoms with Crippen molar-refractivity contribution < 1.29 is 8.78 Å². The molecule has 0 radical (unpaired) electrons. The Balaban J connectivity index is 1.99. The summed E-state index contributed by atoms with van der Waals surface area (Å²) in [5.74, 6) is -1.59. The van der Waals surface area contributed by atoms with Gasteiger partial charge in [-0.15, -0.1) is 11.6 Å². The molecule has 1 aliphatic carbocycles. The highest BCUT2D eigenvalue weighted by molar-refractivity contribution is 6.28. The van der Waals surface area contributed by atoms with E-state index in [1.165, 1.54) is 6.20 Å². The van der Waals surface area contributed by atoms with Crippen molar-refractivity contribution in [3.05, 3.63) is 11.5 Å². The molecule has 3 rings (SSSR count). The van der Waals surface area contributed by atoms with Crippen molar-refractivity contribution in [3.63, 3.8) is 0 Å². The molecule has 0 saturated heterocycles. The van der Waals surface area contributed by atoms with E-state index in [0.717, 1.165) is 0 Å². The van der Waals surface area contributed by atoms with Crippen molar-refractivity contribution in [2.75, 3.05) is 17.7 Å². The molecule has 2 heterocycles. The first-order valence-corrected chi connectivity index (χ1v) is 7.99. The largest absolute Gasteiger partial charge is 0.354 e. The molecule has 0 spiro atoms. The highest BCUT2D eigenvalue weighted by Crippen LogP contribution is 2.40. The van der Waals surface area contributed by atoms with Gasteiger partial charge >= 0.3 is 0 Å². The van der Waals surface area contributed by atoms with E-state index in [0.29, 0.717) is 42.4 Å². The van der Waals surface area contributed by atoms with Crippen LogP contribution in [0.15, 0.2) is 6.20 Å². The lowest BCUT2D eigenvalue weighted by molar-refractivity contribution is -0.0435. The second kappa shape index (κ2) is 6.12. The molecule has 0 unspecified atom stereocenters. The Bertz CT molecular complexity index is 666. The number of anilines is 1. The van der Waals surface area contributed by atoms with E-state index in [4.69, 9.17) is 23.2 Å². The third-order valence-corrected chi connectivity index (χ3v) is 4.20. The predicted octanol–water partition coefficient (Wildman–Crippen LogP) is 3.88. The molecule has 0 amide bonds. The van der Waals surface area contributed by atoms with Gasteiger partial charge in [0.2, 0.25) is 17.2 Å². The molecule has 2 aromatic rings. The minimum Gasteiger partial charge on any atom is -0.354 e. The SMILES string of the molecule is FC1(F)CCC(n2c(NCCCl)nc3cnc(Cl)nc32)CC1. The third-order valence-electron chi connectivity index (χ3n) is 3.83. The molecule has 0 bridgehead atoms. The zero-order valence-electron chi connectivity index (χ0n) is 11.7. The summed E-state index contributed by atoms with van der Waals surface area (Å²) in [5, 5.41) is 3.22. The van der Waals surface area contributed by atoms with Crippen molar-refractivity contribution in [2.24, 2.45) is 0 Å². The van der Waals surface area contributed by atoms with E-state index < -0.39 is 5.92 Å². The normalized spacial score (nSPS) is 18.7. The number of rotatable bonds is 4. The molecule has 1 fully saturated rings. The van der Waals surface area contributed by atoms with E-state index in [2.05, 4.69) is 20.3 Å². The van der Waals surface area contributed by atoms with Gasteiger partial charge in [0.15, 0.2) is 5.65 Å². The van der Waals surface area contributed by atoms with Crippen LogP contribution in [0.3, 0.4) is 0 Å². The lowest BCUT2D eigenvalue weighted by Crippen LogP contribution is -2.27. The van der Waals surface area contributed by atoms with Crippen molar-refractivity contribution in [1.29, 1.82) is 0 Å². The molecule has 5 nitrogen and oxygen atoms in total. The molecular weight excluding hydrogens is 335 g/mol. The van der Waals surface area contributed by atoms with Crippen LogP contribution >= 0.6 is 23.2 Å². The van der Waals surface area contributed by atoms with E-state index in [9.17, 15) is 8.78 Å². The molecule has 2 aromatic heterocycles. The molecule has 0 atom stereocenters. The lowest BCUT2D eigenvalue weighted by Gasteiger charge is -2.30. The molecule has 9 heteroatoms. The smallest absolute Gasteiger partial charge is 0.248 e. The fourth-order valence-corrected chi connectivity index (χ4v) is 3.01. The molecule has 0 aliphatic heterocycles. The van der Waals surface area contributed by atoms with Crippen LogP contribution in [0.1, 0.15) is 31.7 Å². The van der Waals surface area contributed by atoms with Gasteiger partial charge in [-0.3, -0.25) is 4.57 Å². The monoisotopic (exact) mass is 349 g/mol. The number of hydrogen-bond donors (Lipinski definition) is 1. The Hall–Kier alpha value is -1.21. The number of halogens is 4. The third kappa shape index (κ3) is 3.10. The standard InChI is InChI=1S/C13H15Cl2F2N5/c14-5-6-18-12-20-9-7-19-11(15)21-10(9)22(12)8-1-3-13(16,17)4-2-8/h7-8H,1-6H2,(H,18,20). The van der Waals surface area contributed by atoms with Gasteiger partial charge in [0, 0.05) is 31.3 Å². The summed E-state index contributed by atoms with van der Waals surface area (Å²) in [6.07, 6.45) is 2.01. The van der Waals surface area contributed by atoms with Crippen molar-refractivity contribution in [2.45, 2.75) is 37.6 Å². The van der Waals surface area contributed by atoms with Gasteiger partial charge in [0.1, 0.15) is 5.52 Å². The van der Waals surface area contributed by atoms with Crippen molar-refractivity contribution in [1.82, 2.24) is 19.5 Å². The number of nitrogens with one attached hydrogen (secondary N) is 1. The molecule has 0 aromatic carbocycles. The second-order valence-electron chi connectivity index (χ2n) is 5.36. The summed E-state index contributed by atoms with van der Waals surface area (Å²) in [5.41, 5.74) is 1.14. The Morgan fingerprint density at radius 3 is 2.73 bits per heavy atom. The highest BCUT2D eigenvalue weighted by Gasteiger charge is 2.36. The van der Waals surface area contributed by atoms with E-state index in [1.807, 2.05) is 4.57 Å². The number of imidazole rings is 1. The Kier molecular flexibility index (Phi) is 4.36. The predicted molar refractivity (Wildman–Crippen MR) is 82.0 cm³/mol. The fourth-order valence-electron chi connectivity index (χ4n) is 2.78. The molecule has 22 heavy (non-hydrogen) atoms. The highest BCUT2D eigenvalue weighted by atomic mass is 35.5. The second-order valence-corrected chi connectivity index (χ2v) is 6.07. The molecule has 1 N–H and O–H groups in total. The minimum atomic E-state index is -2.58. The van der Waals surface area contributed by atoms with Crippen LogP contribution in [0, 0.1) is 0 Å². The summed E-state index contributed by atoms with van der Waals surface area (Å²) in [7, 11) is 0. The van der Waals surface area contributed by atoms with Gasteiger partial charge in [0.05, 0.1) is 6.20 Å². The number of aromatic nitrogens is 4. The summed E-state index contributed by atoms with van der Waals surface area (Å²) in [6, 6.07) is -0.0894. The summed E-state index contributed by atoms with van der Waals surface area (Å²) in [4.78, 5) is 12.6. The zero-order valence-corrected chi connectivity index (χ0v) is 13.2. The average molecular weight is 350 g/mol. The van der Waals surface area contributed by atoms with E-state index in [-0.39, 0.29) is 24.2 Å². The van der Waals surface area contributed by atoms with Crippen LogP contribution in [-0.2, 0) is 0 Å². The van der Waals surface area contributed by atoms with E-state index >= 15 is 0 Å². The maximum Gasteiger partial charge on any atom is 0.248 e. The van der Waals surface area contributed by atoms with Gasteiger partial charge in [-0.25, -0.2) is 18.7 Å². The molecule has 120 valence electrons. The first-order chi connectivity index (χ1) is 10.5. The lowest BCUT2D eigenvalue weighted by atomic mass is 9.92. The quantitative estimate of drug-likeness (QED) is 0.672. The first-order valence-electron chi connectivity index (χ1n) is 7.08. The number of alkyl halides is 3. The van der Waals surface area contributed by atoms with Crippen LogP contribution in [0.25, 0.3) is 11.2 Å². The average Bonchev–Trinajstić information content (AvgIpc) is 2.83. The molecule has 1 aliphatic rings. The van der Waals surface area contributed by atoms with Crippen molar-refractivity contribution >= 4 is 40.3 Å². The van der Waals surface area contributed by atoms with Gasteiger partial charge < -0.3 is 5.32 Å². The topological polar surface area (TPSA) is 55.6 Å². The zero-order chi connectivity index (χ0) is 15.7. The van der Waals surface area contributed by atoms with Crippen LogP contribution in [0.4, 0.5) is 14.7 Å². The van der Waals surface area contributed by atoms with Crippen LogP contribution in [0.2, 0.25) is 5.28 Å². The van der Waals surface area contributed by atoms with Crippen LogP contribution < -0.4 is 5.32 Å². The van der Waals surface area contributed by atoms with Gasteiger partial charge in [0.25, 0.3) is 0 Å². The molecule has 1 saturated carbocycles. The Morgan fingerprint density at radius 1 is 1.32 bits per heavy atom. The minimum absolute atomic E-state index is 0.0894. The van der Waals surface area contributed by atoms with Gasteiger partial charge in [-0.05, 0) is 24.4 Å². The van der Waals surface area contributed by atoms with E-state index in [1.54, 1.807) is 0 Å². The number of fused-ring (bicyclic) bond motifs is 1. The van der Waals surface area contributed by atoms with Gasteiger partial charge in [-0.2, -0.15) is 4.98 Å². The summed E-state index contributed by atoms with van der Waals surface area (Å²) in [6.45, 7) is 0.523. The maximum absolute atomic E-state index is 13.4. The van der Waals surface area contributed by atoms with Crippen LogP contribution in [0.5, 0.6) is 0 Å². The number of hydrogen-bond acceptors (Lipinski definition) is 4. The Labute approximate surface area is 136 Å².